The Morgan fingerprint density at radius 1 is 1.20 bits per heavy atom. The van der Waals surface area contributed by atoms with Gasteiger partial charge in [0.1, 0.15) is 23.9 Å². The van der Waals surface area contributed by atoms with Gasteiger partial charge in [0.2, 0.25) is 5.88 Å². The van der Waals surface area contributed by atoms with Crippen LogP contribution in [0.1, 0.15) is 26.7 Å². The third kappa shape index (κ3) is 3.43. The predicted molar refractivity (Wildman–Crippen MR) is 115 cm³/mol. The third-order valence-corrected chi connectivity index (χ3v) is 5.31. The number of aliphatic hydroxyl groups is 1. The van der Waals surface area contributed by atoms with E-state index in [1.54, 1.807) is 4.68 Å². The van der Waals surface area contributed by atoms with Gasteiger partial charge in [-0.15, -0.1) is 0 Å². The summed E-state index contributed by atoms with van der Waals surface area (Å²) in [7, 11) is 0. The van der Waals surface area contributed by atoms with E-state index in [-0.39, 0.29) is 12.0 Å². The van der Waals surface area contributed by atoms with E-state index in [0.717, 1.165) is 35.0 Å². The third-order valence-electron chi connectivity index (χ3n) is 5.31. The lowest BCUT2D eigenvalue weighted by atomic mass is 9.95. The van der Waals surface area contributed by atoms with Crippen LogP contribution >= 0.6 is 0 Å². The fraction of sp³-hybridized carbons (Fsp3) is 0.364. The molecule has 1 aliphatic rings. The van der Waals surface area contributed by atoms with Crippen molar-refractivity contribution in [2.24, 2.45) is 5.41 Å². The molecule has 0 spiro atoms. The van der Waals surface area contributed by atoms with E-state index in [1.165, 1.54) is 6.33 Å². The number of nitrogens with zero attached hydrogens (tertiary/aromatic N) is 5. The number of benzene rings is 1. The second-order valence-corrected chi connectivity index (χ2v) is 8.66. The summed E-state index contributed by atoms with van der Waals surface area (Å²) >= 11 is 0. The molecule has 0 bridgehead atoms. The monoisotopic (exact) mass is 404 g/mol. The molecule has 3 aromatic heterocycles. The van der Waals surface area contributed by atoms with Gasteiger partial charge in [0.25, 0.3) is 0 Å². The fourth-order valence-corrected chi connectivity index (χ4v) is 3.47. The second kappa shape index (κ2) is 6.91. The predicted octanol–water partition coefficient (Wildman–Crippen LogP) is 3.18. The number of hydrogen-bond acceptors (Lipinski definition) is 7. The van der Waals surface area contributed by atoms with E-state index in [0.29, 0.717) is 35.4 Å². The summed E-state index contributed by atoms with van der Waals surface area (Å²) in [5, 5.41) is 16.2. The molecule has 0 unspecified atom stereocenters. The molecule has 0 atom stereocenters. The number of nitrogens with two attached hydrogens (primary N) is 1. The highest BCUT2D eigenvalue weighted by atomic mass is 16.5. The molecule has 5 rings (SSSR count). The minimum atomic E-state index is -0.346. The van der Waals surface area contributed by atoms with E-state index in [1.807, 2.05) is 44.2 Å². The van der Waals surface area contributed by atoms with Crippen LogP contribution in [-0.4, -0.2) is 42.5 Å². The van der Waals surface area contributed by atoms with Crippen molar-refractivity contribution >= 4 is 27.8 Å². The molecule has 4 aromatic rings. The van der Waals surface area contributed by atoms with Gasteiger partial charge in [-0.05, 0) is 31.0 Å². The number of ether oxygens (including phenoxy) is 1. The molecule has 0 aliphatic heterocycles. The van der Waals surface area contributed by atoms with Gasteiger partial charge in [-0.2, -0.15) is 5.10 Å². The quantitative estimate of drug-likeness (QED) is 0.507. The molecule has 0 amide bonds. The Morgan fingerprint density at radius 3 is 2.80 bits per heavy atom. The van der Waals surface area contributed by atoms with E-state index in [9.17, 15) is 5.11 Å². The number of rotatable bonds is 6. The molecule has 154 valence electrons. The standard InChI is InChI=1S/C22H24N6O2/c1-22(2,11-29)10-28-21-18(20(23)24-12-25-21)19(27-28)14-3-7-16-13(9-14)4-8-17(26-16)30-15-5-6-15/h3-4,7-9,12,15,29H,5-6,10-11H2,1-2H3,(H2,23,24,25). The van der Waals surface area contributed by atoms with Gasteiger partial charge in [-0.3, -0.25) is 0 Å². The minimum absolute atomic E-state index is 0.0388. The summed E-state index contributed by atoms with van der Waals surface area (Å²) in [6, 6.07) is 9.90. The molecule has 3 heterocycles. The molecule has 0 saturated heterocycles. The first-order valence-corrected chi connectivity index (χ1v) is 10.1. The average Bonchev–Trinajstić information content (AvgIpc) is 3.47. The number of fused-ring (bicyclic) bond motifs is 2. The Balaban J connectivity index is 1.60. The zero-order valence-electron chi connectivity index (χ0n) is 17.0. The number of aliphatic hydroxyl groups excluding tert-OH is 1. The van der Waals surface area contributed by atoms with Crippen LogP contribution < -0.4 is 10.5 Å². The molecule has 1 saturated carbocycles. The van der Waals surface area contributed by atoms with Crippen molar-refractivity contribution < 1.29 is 9.84 Å². The molecule has 3 N–H and O–H groups in total. The van der Waals surface area contributed by atoms with Crippen molar-refractivity contribution in [3.05, 3.63) is 36.7 Å². The molecule has 8 nitrogen and oxygen atoms in total. The highest BCUT2D eigenvalue weighted by Gasteiger charge is 2.25. The van der Waals surface area contributed by atoms with Crippen LogP contribution in [0.5, 0.6) is 5.88 Å². The average molecular weight is 404 g/mol. The summed E-state index contributed by atoms with van der Waals surface area (Å²) in [5.41, 5.74) is 9.01. The van der Waals surface area contributed by atoms with Crippen LogP contribution in [0.25, 0.3) is 33.2 Å². The Labute approximate surface area is 173 Å². The van der Waals surface area contributed by atoms with Crippen LogP contribution in [-0.2, 0) is 6.54 Å². The van der Waals surface area contributed by atoms with Crippen LogP contribution in [0.15, 0.2) is 36.7 Å². The zero-order chi connectivity index (χ0) is 20.9. The largest absolute Gasteiger partial charge is 0.474 e. The van der Waals surface area contributed by atoms with Crippen LogP contribution in [0.3, 0.4) is 0 Å². The molecule has 1 aromatic carbocycles. The Morgan fingerprint density at radius 2 is 2.03 bits per heavy atom. The lowest BCUT2D eigenvalue weighted by molar-refractivity contribution is 0.138. The first kappa shape index (κ1) is 18.7. The Hall–Kier alpha value is -3.26. The van der Waals surface area contributed by atoms with Crippen molar-refractivity contribution in [2.45, 2.75) is 39.3 Å². The van der Waals surface area contributed by atoms with E-state index < -0.39 is 0 Å². The lowest BCUT2D eigenvalue weighted by Crippen LogP contribution is -2.24. The van der Waals surface area contributed by atoms with E-state index >= 15 is 0 Å². The SMILES string of the molecule is CC(C)(CO)Cn1nc(-c2ccc3nc(OC4CC4)ccc3c2)c2c(N)ncnc21. The smallest absolute Gasteiger partial charge is 0.214 e. The summed E-state index contributed by atoms with van der Waals surface area (Å²) < 4.78 is 7.60. The Kier molecular flexibility index (Phi) is 4.32. The summed E-state index contributed by atoms with van der Waals surface area (Å²) in [5.74, 6) is 1.05. The minimum Gasteiger partial charge on any atom is -0.474 e. The van der Waals surface area contributed by atoms with Crippen LogP contribution in [0.2, 0.25) is 0 Å². The number of pyridine rings is 1. The zero-order valence-corrected chi connectivity index (χ0v) is 17.0. The maximum atomic E-state index is 9.69. The van der Waals surface area contributed by atoms with Crippen molar-refractivity contribution in [3.63, 3.8) is 0 Å². The molecular formula is C22H24N6O2. The Bertz CT molecular complexity index is 1250. The van der Waals surface area contributed by atoms with Crippen molar-refractivity contribution in [2.75, 3.05) is 12.3 Å². The normalized spacial score (nSPS) is 14.5. The van der Waals surface area contributed by atoms with Gasteiger partial charge < -0.3 is 15.6 Å². The summed E-state index contributed by atoms with van der Waals surface area (Å²) in [6.45, 7) is 4.51. The number of hydrogen-bond donors (Lipinski definition) is 2. The fourth-order valence-electron chi connectivity index (χ4n) is 3.47. The van der Waals surface area contributed by atoms with Crippen molar-refractivity contribution in [1.29, 1.82) is 0 Å². The summed E-state index contributed by atoms with van der Waals surface area (Å²) in [4.78, 5) is 13.2. The van der Waals surface area contributed by atoms with Crippen molar-refractivity contribution in [3.8, 4) is 17.1 Å². The van der Waals surface area contributed by atoms with Gasteiger partial charge in [0.15, 0.2) is 5.65 Å². The lowest BCUT2D eigenvalue weighted by Gasteiger charge is -2.21. The second-order valence-electron chi connectivity index (χ2n) is 8.66. The maximum absolute atomic E-state index is 9.69. The van der Waals surface area contributed by atoms with Crippen LogP contribution in [0.4, 0.5) is 5.82 Å². The molecule has 1 aliphatic carbocycles. The van der Waals surface area contributed by atoms with Gasteiger partial charge in [-0.25, -0.2) is 19.6 Å². The maximum Gasteiger partial charge on any atom is 0.214 e. The van der Waals surface area contributed by atoms with Gasteiger partial charge in [0.05, 0.1) is 17.4 Å². The summed E-state index contributed by atoms with van der Waals surface area (Å²) in [6.07, 6.45) is 3.96. The molecule has 8 heteroatoms. The number of anilines is 1. The first-order valence-electron chi connectivity index (χ1n) is 10.1. The topological polar surface area (TPSA) is 112 Å². The van der Waals surface area contributed by atoms with E-state index in [4.69, 9.17) is 15.6 Å². The number of aromatic nitrogens is 5. The van der Waals surface area contributed by atoms with Crippen molar-refractivity contribution in [1.82, 2.24) is 24.7 Å². The first-order chi connectivity index (χ1) is 14.4. The molecule has 30 heavy (non-hydrogen) atoms. The highest BCUT2D eigenvalue weighted by molar-refractivity contribution is 5.99. The van der Waals surface area contributed by atoms with E-state index in [2.05, 4.69) is 15.0 Å². The molecular weight excluding hydrogens is 380 g/mol. The molecule has 0 radical (unpaired) electrons. The van der Waals surface area contributed by atoms with Gasteiger partial charge in [0, 0.05) is 29.0 Å². The van der Waals surface area contributed by atoms with Gasteiger partial charge >= 0.3 is 0 Å². The van der Waals surface area contributed by atoms with Gasteiger partial charge in [-0.1, -0.05) is 19.9 Å². The van der Waals surface area contributed by atoms with Crippen LogP contribution in [0, 0.1) is 5.41 Å². The highest BCUT2D eigenvalue weighted by Crippen LogP contribution is 2.33. The molecule has 1 fully saturated rings. The number of nitrogen functional groups attached to an aromatic ring is 1.